The zero-order valence-corrected chi connectivity index (χ0v) is 15.8. The molecule has 0 aromatic rings. The van der Waals surface area contributed by atoms with Crippen molar-refractivity contribution in [2.75, 3.05) is 0 Å². The van der Waals surface area contributed by atoms with Gasteiger partial charge in [-0.05, 0) is 56.9 Å². The molecule has 4 aliphatic carbocycles. The second-order valence-electron chi connectivity index (χ2n) is 9.91. The summed E-state index contributed by atoms with van der Waals surface area (Å²) in [6.45, 7) is 7.87. The lowest BCUT2D eigenvalue weighted by Gasteiger charge is -2.63. The van der Waals surface area contributed by atoms with Gasteiger partial charge < -0.3 is 10.2 Å². The molecule has 0 saturated heterocycles. The van der Waals surface area contributed by atoms with E-state index in [9.17, 15) is 15.0 Å². The molecule has 2 N–H and O–H groups in total. The van der Waals surface area contributed by atoms with Crippen molar-refractivity contribution >= 4 is 5.78 Å². The SMILES string of the molecule is C[C@@H]1C[C@H]2[C@@H]3CCC4=CC(=O)CC[C@]4(C)[C@@]3(F)[C@@H](O)C[C@]2(C)[C@@]1(C)O. The largest absolute Gasteiger partial charge is 0.390 e. The average Bonchev–Trinajstić information content (AvgIpc) is 2.70. The molecule has 0 heterocycles. The number of ketones is 1. The van der Waals surface area contributed by atoms with Crippen LogP contribution in [-0.2, 0) is 4.79 Å². The van der Waals surface area contributed by atoms with Gasteiger partial charge in [0.2, 0.25) is 0 Å². The van der Waals surface area contributed by atoms with Crippen molar-refractivity contribution in [1.29, 1.82) is 0 Å². The van der Waals surface area contributed by atoms with Crippen molar-refractivity contribution in [2.45, 2.75) is 83.6 Å². The van der Waals surface area contributed by atoms with E-state index in [0.717, 1.165) is 18.4 Å². The lowest BCUT2D eigenvalue weighted by atomic mass is 9.44. The molecule has 0 aliphatic heterocycles. The second-order valence-corrected chi connectivity index (χ2v) is 9.91. The van der Waals surface area contributed by atoms with Gasteiger partial charge in [-0.1, -0.05) is 26.3 Å². The molecule has 4 aliphatic rings. The number of allylic oxidation sites excluding steroid dienone is 1. The third kappa shape index (κ3) is 1.86. The zero-order valence-electron chi connectivity index (χ0n) is 15.8. The van der Waals surface area contributed by atoms with Crippen molar-refractivity contribution in [1.82, 2.24) is 0 Å². The predicted octanol–water partition coefficient (Wildman–Crippen LogP) is 3.58. The van der Waals surface area contributed by atoms with Crippen molar-refractivity contribution < 1.29 is 19.4 Å². The summed E-state index contributed by atoms with van der Waals surface area (Å²) in [5.74, 6) is -0.00765. The van der Waals surface area contributed by atoms with Crippen LogP contribution in [0.2, 0.25) is 0 Å². The summed E-state index contributed by atoms with van der Waals surface area (Å²) in [7, 11) is 0. The molecular formula is C21H31FO3. The van der Waals surface area contributed by atoms with Gasteiger partial charge >= 0.3 is 0 Å². The van der Waals surface area contributed by atoms with E-state index in [1.165, 1.54) is 0 Å². The Kier molecular flexibility index (Phi) is 3.50. The van der Waals surface area contributed by atoms with Crippen LogP contribution in [0.5, 0.6) is 0 Å². The van der Waals surface area contributed by atoms with Crippen LogP contribution in [0, 0.1) is 28.6 Å². The van der Waals surface area contributed by atoms with Gasteiger partial charge in [0, 0.05) is 23.2 Å². The molecule has 8 atom stereocenters. The molecule has 25 heavy (non-hydrogen) atoms. The van der Waals surface area contributed by atoms with Crippen molar-refractivity contribution in [3.63, 3.8) is 0 Å². The van der Waals surface area contributed by atoms with E-state index in [4.69, 9.17) is 0 Å². The van der Waals surface area contributed by atoms with Crippen LogP contribution in [0.1, 0.15) is 66.2 Å². The third-order valence-corrected chi connectivity index (χ3v) is 9.16. The first kappa shape index (κ1) is 17.7. The normalized spacial score (nSPS) is 58.2. The van der Waals surface area contributed by atoms with Gasteiger partial charge in [-0.3, -0.25) is 4.79 Å². The van der Waals surface area contributed by atoms with Crippen LogP contribution < -0.4 is 0 Å². The number of carbonyl (C=O) groups is 1. The summed E-state index contributed by atoms with van der Waals surface area (Å²) in [4.78, 5) is 11.9. The molecule has 0 radical (unpaired) electrons. The van der Waals surface area contributed by atoms with Crippen LogP contribution in [0.4, 0.5) is 4.39 Å². The minimum Gasteiger partial charge on any atom is -0.390 e. The van der Waals surface area contributed by atoms with Gasteiger partial charge in [0.05, 0.1) is 11.7 Å². The Bertz CT molecular complexity index is 656. The number of aliphatic hydroxyl groups excluding tert-OH is 1. The quantitative estimate of drug-likeness (QED) is 0.702. The summed E-state index contributed by atoms with van der Waals surface area (Å²) in [5.41, 5.74) is -2.93. The van der Waals surface area contributed by atoms with E-state index in [-0.39, 0.29) is 23.5 Å². The Morgan fingerprint density at radius 2 is 1.88 bits per heavy atom. The molecule has 4 rings (SSSR count). The van der Waals surface area contributed by atoms with Crippen molar-refractivity contribution in [3.05, 3.63) is 11.6 Å². The third-order valence-electron chi connectivity index (χ3n) is 9.16. The topological polar surface area (TPSA) is 57.5 Å². The molecule has 0 aromatic heterocycles. The van der Waals surface area contributed by atoms with Gasteiger partial charge in [-0.15, -0.1) is 0 Å². The minimum absolute atomic E-state index is 0.0712. The van der Waals surface area contributed by atoms with Crippen LogP contribution in [0.15, 0.2) is 11.6 Å². The maximum Gasteiger partial charge on any atom is 0.155 e. The number of carbonyl (C=O) groups excluding carboxylic acids is 1. The van der Waals surface area contributed by atoms with Gasteiger partial charge in [0.1, 0.15) is 5.67 Å². The number of halogens is 1. The van der Waals surface area contributed by atoms with Gasteiger partial charge in [0.25, 0.3) is 0 Å². The van der Waals surface area contributed by atoms with E-state index < -0.39 is 28.2 Å². The molecular weight excluding hydrogens is 319 g/mol. The van der Waals surface area contributed by atoms with E-state index in [1.54, 1.807) is 6.08 Å². The highest BCUT2D eigenvalue weighted by Crippen LogP contribution is 2.70. The summed E-state index contributed by atoms with van der Waals surface area (Å²) in [6, 6.07) is 0. The maximum atomic E-state index is 16.8. The first-order valence-corrected chi connectivity index (χ1v) is 9.81. The fraction of sp³-hybridized carbons (Fsp3) is 0.857. The molecule has 3 fully saturated rings. The van der Waals surface area contributed by atoms with Gasteiger partial charge in [0.15, 0.2) is 5.78 Å². The standard InChI is InChI=1S/C21H31FO3/c1-12-9-16-15-6-5-13-10-14(23)7-8-18(13,2)21(15,22)17(24)11-19(16,3)20(12,4)25/h10,12,15-17,24-25H,5-9,11H2,1-4H3/t12-,15+,16+,17+,18+,19+,20+,21+/m1/s1. The lowest BCUT2D eigenvalue weighted by Crippen LogP contribution is -2.68. The number of aliphatic hydroxyl groups is 2. The maximum absolute atomic E-state index is 16.8. The van der Waals surface area contributed by atoms with E-state index in [2.05, 4.69) is 0 Å². The summed E-state index contributed by atoms with van der Waals surface area (Å²) >= 11 is 0. The highest BCUT2D eigenvalue weighted by molar-refractivity contribution is 5.91. The Morgan fingerprint density at radius 1 is 1.20 bits per heavy atom. The molecule has 0 unspecified atom stereocenters. The Hall–Kier alpha value is -0.740. The molecule has 0 spiro atoms. The van der Waals surface area contributed by atoms with Crippen molar-refractivity contribution in [2.24, 2.45) is 28.6 Å². The smallest absolute Gasteiger partial charge is 0.155 e. The highest BCUT2D eigenvalue weighted by atomic mass is 19.1. The lowest BCUT2D eigenvalue weighted by molar-refractivity contribution is -0.227. The molecule has 0 bridgehead atoms. The average molecular weight is 350 g/mol. The summed E-state index contributed by atoms with van der Waals surface area (Å²) in [6.07, 6.45) is 3.88. The van der Waals surface area contributed by atoms with Crippen LogP contribution in [0.25, 0.3) is 0 Å². The molecule has 0 amide bonds. The van der Waals surface area contributed by atoms with Crippen LogP contribution in [0.3, 0.4) is 0 Å². The van der Waals surface area contributed by atoms with E-state index >= 15 is 4.39 Å². The van der Waals surface area contributed by atoms with Crippen LogP contribution in [-0.4, -0.2) is 33.4 Å². The fourth-order valence-electron chi connectivity index (χ4n) is 7.11. The number of hydrogen-bond donors (Lipinski definition) is 2. The zero-order chi connectivity index (χ0) is 18.4. The summed E-state index contributed by atoms with van der Waals surface area (Å²) < 4.78 is 16.8. The van der Waals surface area contributed by atoms with Crippen molar-refractivity contribution in [3.8, 4) is 0 Å². The molecule has 140 valence electrons. The fourth-order valence-corrected chi connectivity index (χ4v) is 7.11. The number of rotatable bonds is 0. The number of hydrogen-bond acceptors (Lipinski definition) is 3. The van der Waals surface area contributed by atoms with Crippen LogP contribution >= 0.6 is 0 Å². The number of alkyl halides is 1. The molecule has 3 nitrogen and oxygen atoms in total. The second kappa shape index (κ2) is 4.95. The highest BCUT2D eigenvalue weighted by Gasteiger charge is 2.73. The molecule has 3 saturated carbocycles. The minimum atomic E-state index is -1.71. The van der Waals surface area contributed by atoms with Gasteiger partial charge in [-0.25, -0.2) is 4.39 Å². The molecule has 0 aromatic carbocycles. The first-order chi connectivity index (χ1) is 11.5. The Morgan fingerprint density at radius 3 is 2.56 bits per heavy atom. The molecule has 4 heteroatoms. The van der Waals surface area contributed by atoms with E-state index in [1.807, 2.05) is 27.7 Å². The Labute approximate surface area is 149 Å². The summed E-state index contributed by atoms with van der Waals surface area (Å²) in [5, 5.41) is 22.2. The predicted molar refractivity (Wildman–Crippen MR) is 93.6 cm³/mol. The monoisotopic (exact) mass is 350 g/mol. The Balaban J connectivity index is 1.83. The van der Waals surface area contributed by atoms with E-state index in [0.29, 0.717) is 25.7 Å². The first-order valence-electron chi connectivity index (χ1n) is 9.81. The van der Waals surface area contributed by atoms with Gasteiger partial charge in [-0.2, -0.15) is 0 Å². The number of fused-ring (bicyclic) bond motifs is 5.